The van der Waals surface area contributed by atoms with E-state index < -0.39 is 0 Å². The summed E-state index contributed by atoms with van der Waals surface area (Å²) in [6.45, 7) is 2.43. The minimum absolute atomic E-state index is 0.0591. The van der Waals surface area contributed by atoms with Gasteiger partial charge < -0.3 is 10.4 Å². The van der Waals surface area contributed by atoms with E-state index in [2.05, 4.69) is 22.1 Å². The molecule has 0 saturated heterocycles. The van der Waals surface area contributed by atoms with Crippen molar-refractivity contribution >= 4 is 17.2 Å². The number of nitrogens with zero attached hydrogens (tertiary/aromatic N) is 1. The van der Waals surface area contributed by atoms with Gasteiger partial charge in [-0.15, -0.1) is 11.3 Å². The lowest BCUT2D eigenvalue weighted by Crippen LogP contribution is -2.22. The van der Waals surface area contributed by atoms with Crippen molar-refractivity contribution in [1.82, 2.24) is 10.3 Å². The van der Waals surface area contributed by atoms with Gasteiger partial charge in [0.15, 0.2) is 0 Å². The molecule has 0 fully saturated rings. The highest BCUT2D eigenvalue weighted by Crippen LogP contribution is 2.08. The molecular formula is C16H16N2O2S. The van der Waals surface area contributed by atoms with Gasteiger partial charge in [0.05, 0.1) is 23.9 Å². The lowest BCUT2D eigenvalue weighted by Gasteiger charge is -2.03. The Morgan fingerprint density at radius 1 is 1.38 bits per heavy atom. The number of aryl methyl sites for hydroxylation is 1. The van der Waals surface area contributed by atoms with Crippen LogP contribution in [0.4, 0.5) is 0 Å². The van der Waals surface area contributed by atoms with Gasteiger partial charge >= 0.3 is 0 Å². The van der Waals surface area contributed by atoms with E-state index in [1.54, 1.807) is 35.6 Å². The first-order valence-electron chi connectivity index (χ1n) is 6.58. The monoisotopic (exact) mass is 300 g/mol. The maximum Gasteiger partial charge on any atom is 0.251 e. The van der Waals surface area contributed by atoms with E-state index in [4.69, 9.17) is 5.11 Å². The maximum absolute atomic E-state index is 12.0. The van der Waals surface area contributed by atoms with Crippen molar-refractivity contribution in [1.29, 1.82) is 0 Å². The standard InChI is InChI=1S/C16H16N2O2S/c1-12-18-15(11-21-12)10-17-16(20)14-7-5-13(6-8-14)4-2-3-9-19/h5-8,11,19H,3,9-10H2,1H3,(H,17,20). The van der Waals surface area contributed by atoms with Gasteiger partial charge in [-0.1, -0.05) is 11.8 Å². The molecule has 0 aliphatic carbocycles. The highest BCUT2D eigenvalue weighted by atomic mass is 32.1. The molecule has 0 aliphatic heterocycles. The lowest BCUT2D eigenvalue weighted by atomic mass is 10.1. The van der Waals surface area contributed by atoms with Crippen molar-refractivity contribution in [2.75, 3.05) is 6.61 Å². The molecule has 21 heavy (non-hydrogen) atoms. The van der Waals surface area contributed by atoms with Crippen LogP contribution in [0.1, 0.15) is 33.0 Å². The molecule has 4 nitrogen and oxygen atoms in total. The number of nitrogens with one attached hydrogen (secondary N) is 1. The summed E-state index contributed by atoms with van der Waals surface area (Å²) in [6.07, 6.45) is 0.454. The largest absolute Gasteiger partial charge is 0.395 e. The number of aliphatic hydroxyl groups is 1. The number of rotatable bonds is 4. The Morgan fingerprint density at radius 3 is 2.76 bits per heavy atom. The van der Waals surface area contributed by atoms with E-state index in [1.807, 2.05) is 12.3 Å². The lowest BCUT2D eigenvalue weighted by molar-refractivity contribution is 0.0950. The fraction of sp³-hybridized carbons (Fsp3) is 0.250. The average molecular weight is 300 g/mol. The predicted molar refractivity (Wildman–Crippen MR) is 83.0 cm³/mol. The van der Waals surface area contributed by atoms with Gasteiger partial charge in [0.2, 0.25) is 0 Å². The second-order valence-corrected chi connectivity index (χ2v) is 5.46. The Kier molecular flexibility index (Phi) is 5.50. The molecule has 1 amide bonds. The Bertz CT molecular complexity index is 666. The SMILES string of the molecule is Cc1nc(CNC(=O)c2ccc(C#CCCO)cc2)cs1. The number of carbonyl (C=O) groups is 1. The van der Waals surface area contributed by atoms with E-state index >= 15 is 0 Å². The third kappa shape index (κ3) is 4.71. The fourth-order valence-electron chi connectivity index (χ4n) is 1.69. The number of benzene rings is 1. The normalized spacial score (nSPS) is 9.81. The van der Waals surface area contributed by atoms with Crippen molar-refractivity contribution in [3.05, 3.63) is 51.5 Å². The minimum atomic E-state index is -0.129. The first-order valence-corrected chi connectivity index (χ1v) is 7.46. The Balaban J connectivity index is 1.92. The van der Waals surface area contributed by atoms with Crippen LogP contribution >= 0.6 is 11.3 Å². The Morgan fingerprint density at radius 2 is 2.14 bits per heavy atom. The zero-order chi connectivity index (χ0) is 15.1. The summed E-state index contributed by atoms with van der Waals surface area (Å²) in [7, 11) is 0. The second kappa shape index (κ2) is 7.58. The number of thiazole rings is 1. The van der Waals surface area contributed by atoms with E-state index in [1.165, 1.54) is 0 Å². The first-order chi connectivity index (χ1) is 10.2. The molecule has 1 aromatic heterocycles. The quantitative estimate of drug-likeness (QED) is 0.850. The van der Waals surface area contributed by atoms with E-state index in [9.17, 15) is 4.79 Å². The molecule has 0 radical (unpaired) electrons. The maximum atomic E-state index is 12.0. The summed E-state index contributed by atoms with van der Waals surface area (Å²) in [5, 5.41) is 14.4. The summed E-state index contributed by atoms with van der Waals surface area (Å²) >= 11 is 1.57. The third-order valence-corrected chi connectivity index (χ3v) is 3.54. The zero-order valence-electron chi connectivity index (χ0n) is 11.7. The van der Waals surface area contributed by atoms with Crippen LogP contribution in [0.25, 0.3) is 0 Å². The highest BCUT2D eigenvalue weighted by molar-refractivity contribution is 7.09. The Labute approximate surface area is 127 Å². The molecule has 1 aromatic carbocycles. The summed E-state index contributed by atoms with van der Waals surface area (Å²) in [4.78, 5) is 16.3. The molecule has 0 unspecified atom stereocenters. The zero-order valence-corrected chi connectivity index (χ0v) is 12.5. The van der Waals surface area contributed by atoms with E-state index in [-0.39, 0.29) is 12.5 Å². The van der Waals surface area contributed by atoms with Gasteiger partial charge in [-0.05, 0) is 31.2 Å². The fourth-order valence-corrected chi connectivity index (χ4v) is 2.30. The van der Waals surface area contributed by atoms with Crippen LogP contribution < -0.4 is 5.32 Å². The number of amides is 1. The number of hydrogen-bond acceptors (Lipinski definition) is 4. The van der Waals surface area contributed by atoms with Gasteiger partial charge in [-0.3, -0.25) is 4.79 Å². The second-order valence-electron chi connectivity index (χ2n) is 4.39. The van der Waals surface area contributed by atoms with Crippen LogP contribution in [-0.4, -0.2) is 22.6 Å². The summed E-state index contributed by atoms with van der Waals surface area (Å²) < 4.78 is 0. The predicted octanol–water partition coefficient (Wildman–Crippen LogP) is 2.12. The van der Waals surface area contributed by atoms with Gasteiger partial charge in [0.25, 0.3) is 5.91 Å². The van der Waals surface area contributed by atoms with Gasteiger partial charge in [0, 0.05) is 22.9 Å². The molecule has 2 rings (SSSR count). The average Bonchev–Trinajstić information content (AvgIpc) is 2.91. The number of carbonyl (C=O) groups excluding carboxylic acids is 1. The third-order valence-electron chi connectivity index (χ3n) is 2.71. The highest BCUT2D eigenvalue weighted by Gasteiger charge is 2.06. The number of aliphatic hydroxyl groups excluding tert-OH is 1. The molecule has 2 N–H and O–H groups in total. The van der Waals surface area contributed by atoms with Crippen molar-refractivity contribution in [3.63, 3.8) is 0 Å². The molecule has 1 heterocycles. The topological polar surface area (TPSA) is 62.2 Å². The van der Waals surface area contributed by atoms with Crippen molar-refractivity contribution in [2.24, 2.45) is 0 Å². The molecule has 0 spiro atoms. The molecule has 2 aromatic rings. The smallest absolute Gasteiger partial charge is 0.251 e. The molecule has 0 bridgehead atoms. The van der Waals surface area contributed by atoms with Crippen LogP contribution in [0, 0.1) is 18.8 Å². The summed E-state index contributed by atoms with van der Waals surface area (Å²) in [6, 6.07) is 7.08. The van der Waals surface area contributed by atoms with Crippen molar-refractivity contribution in [3.8, 4) is 11.8 Å². The number of hydrogen-bond donors (Lipinski definition) is 2. The van der Waals surface area contributed by atoms with Crippen LogP contribution in [0.3, 0.4) is 0 Å². The molecule has 0 atom stereocenters. The molecule has 5 heteroatoms. The minimum Gasteiger partial charge on any atom is -0.395 e. The molecule has 0 aliphatic rings. The van der Waals surface area contributed by atoms with Crippen LogP contribution in [-0.2, 0) is 6.54 Å². The van der Waals surface area contributed by atoms with Gasteiger partial charge in [-0.25, -0.2) is 4.98 Å². The molecule has 0 saturated carbocycles. The van der Waals surface area contributed by atoms with Gasteiger partial charge in [-0.2, -0.15) is 0 Å². The number of aromatic nitrogens is 1. The first kappa shape index (κ1) is 15.2. The molecular weight excluding hydrogens is 284 g/mol. The molecule has 108 valence electrons. The summed E-state index contributed by atoms with van der Waals surface area (Å²) in [5.41, 5.74) is 2.29. The van der Waals surface area contributed by atoms with Gasteiger partial charge in [0.1, 0.15) is 0 Å². The van der Waals surface area contributed by atoms with Crippen molar-refractivity contribution < 1.29 is 9.90 Å². The Hall–Kier alpha value is -2.16. The van der Waals surface area contributed by atoms with Crippen molar-refractivity contribution in [2.45, 2.75) is 19.9 Å². The van der Waals surface area contributed by atoms with E-state index in [0.717, 1.165) is 16.3 Å². The van der Waals surface area contributed by atoms with Crippen LogP contribution in [0.5, 0.6) is 0 Å². The van der Waals surface area contributed by atoms with Crippen LogP contribution in [0.2, 0.25) is 0 Å². The van der Waals surface area contributed by atoms with Crippen LogP contribution in [0.15, 0.2) is 29.6 Å². The van der Waals surface area contributed by atoms with E-state index in [0.29, 0.717) is 18.5 Å². The summed E-state index contributed by atoms with van der Waals surface area (Å²) in [5.74, 6) is 5.63.